The Bertz CT molecular complexity index is 558. The summed E-state index contributed by atoms with van der Waals surface area (Å²) < 4.78 is 47.4. The minimum absolute atomic E-state index is 0.0250. The number of anilines is 1. The molecule has 1 aromatic rings. The molecule has 1 fully saturated rings. The Morgan fingerprint density at radius 2 is 2.00 bits per heavy atom. The van der Waals surface area contributed by atoms with Crippen molar-refractivity contribution >= 4 is 15.7 Å². The second-order valence-corrected chi connectivity index (χ2v) is 6.64. The van der Waals surface area contributed by atoms with Crippen molar-refractivity contribution in [2.24, 2.45) is 0 Å². The summed E-state index contributed by atoms with van der Waals surface area (Å²) in [6, 6.07) is 6.93. The zero-order valence-corrected chi connectivity index (χ0v) is 13.3. The molecule has 8 heteroatoms. The normalized spacial score (nSPS) is 15.3. The average molecular weight is 331 g/mol. The molecule has 22 heavy (non-hydrogen) atoms. The van der Waals surface area contributed by atoms with Gasteiger partial charge in [0.1, 0.15) is 11.9 Å². The lowest BCUT2D eigenvalue weighted by molar-refractivity contribution is -0.0793. The molecule has 2 rings (SSSR count). The van der Waals surface area contributed by atoms with E-state index in [1.807, 2.05) is 0 Å². The van der Waals surface area contributed by atoms with E-state index in [1.165, 1.54) is 0 Å². The smallest absolute Gasteiger partial charge is 0.235 e. The van der Waals surface area contributed by atoms with Crippen LogP contribution in [0.2, 0.25) is 0 Å². The maximum atomic E-state index is 12.1. The zero-order valence-electron chi connectivity index (χ0n) is 12.5. The van der Waals surface area contributed by atoms with Crippen molar-refractivity contribution in [1.29, 1.82) is 0 Å². The third kappa shape index (κ3) is 5.45. The standard InChI is InChI=1S/C14H21NO6S/c1-18-6-7-19-8-9-22(16,17)15-13-4-2-3-5-14(13)21-12-10-20-11-12/h2-5,12,15H,6-11H2,1H3. The Labute approximate surface area is 130 Å². The Hall–Kier alpha value is -1.35. The molecule has 1 saturated heterocycles. The summed E-state index contributed by atoms with van der Waals surface area (Å²) in [4.78, 5) is 0. The summed E-state index contributed by atoms with van der Waals surface area (Å²) in [5, 5.41) is 0. The number of sulfonamides is 1. The summed E-state index contributed by atoms with van der Waals surface area (Å²) in [6.07, 6.45) is -0.0250. The number of rotatable bonds is 10. The second-order valence-electron chi connectivity index (χ2n) is 4.80. The molecule has 1 aliphatic heterocycles. The van der Waals surface area contributed by atoms with Crippen molar-refractivity contribution in [1.82, 2.24) is 0 Å². The van der Waals surface area contributed by atoms with Crippen LogP contribution in [0.3, 0.4) is 0 Å². The van der Waals surface area contributed by atoms with Crippen LogP contribution in [0.4, 0.5) is 5.69 Å². The van der Waals surface area contributed by atoms with Gasteiger partial charge in [-0.3, -0.25) is 4.72 Å². The van der Waals surface area contributed by atoms with E-state index in [2.05, 4.69) is 4.72 Å². The highest BCUT2D eigenvalue weighted by Gasteiger charge is 2.22. The summed E-state index contributed by atoms with van der Waals surface area (Å²) >= 11 is 0. The van der Waals surface area contributed by atoms with Crippen molar-refractivity contribution in [2.45, 2.75) is 6.10 Å². The number of hydrogen-bond acceptors (Lipinski definition) is 6. The van der Waals surface area contributed by atoms with Gasteiger partial charge in [0.05, 0.1) is 44.5 Å². The van der Waals surface area contributed by atoms with Gasteiger partial charge >= 0.3 is 0 Å². The largest absolute Gasteiger partial charge is 0.483 e. The Morgan fingerprint density at radius 1 is 1.23 bits per heavy atom. The molecule has 0 aliphatic carbocycles. The Morgan fingerprint density at radius 3 is 2.68 bits per heavy atom. The van der Waals surface area contributed by atoms with Crippen molar-refractivity contribution in [3.63, 3.8) is 0 Å². The highest BCUT2D eigenvalue weighted by molar-refractivity contribution is 7.92. The summed E-state index contributed by atoms with van der Waals surface area (Å²) in [5.74, 6) is 0.372. The predicted molar refractivity (Wildman–Crippen MR) is 81.8 cm³/mol. The second kappa shape index (κ2) is 8.33. The van der Waals surface area contributed by atoms with E-state index in [-0.39, 0.29) is 18.5 Å². The van der Waals surface area contributed by atoms with Gasteiger partial charge in [0.15, 0.2) is 0 Å². The zero-order chi connectivity index (χ0) is 15.8. The molecule has 7 nitrogen and oxygen atoms in total. The van der Waals surface area contributed by atoms with Gasteiger partial charge in [-0.15, -0.1) is 0 Å². The molecule has 0 atom stereocenters. The number of benzene rings is 1. The lowest BCUT2D eigenvalue weighted by Gasteiger charge is -2.27. The van der Waals surface area contributed by atoms with E-state index in [9.17, 15) is 8.42 Å². The van der Waals surface area contributed by atoms with Crippen molar-refractivity contribution in [3.8, 4) is 5.75 Å². The lowest BCUT2D eigenvalue weighted by Crippen LogP contribution is -2.38. The molecular formula is C14H21NO6S. The van der Waals surface area contributed by atoms with Crippen LogP contribution in [-0.4, -0.2) is 60.4 Å². The van der Waals surface area contributed by atoms with Gasteiger partial charge in [-0.1, -0.05) is 12.1 Å². The van der Waals surface area contributed by atoms with Crippen molar-refractivity contribution in [3.05, 3.63) is 24.3 Å². The van der Waals surface area contributed by atoms with E-state index in [0.29, 0.717) is 37.9 Å². The van der Waals surface area contributed by atoms with Gasteiger partial charge in [-0.2, -0.15) is 0 Å². The van der Waals surface area contributed by atoms with E-state index in [1.54, 1.807) is 31.4 Å². The predicted octanol–water partition coefficient (Wildman–Crippen LogP) is 0.869. The first-order valence-electron chi connectivity index (χ1n) is 7.01. The van der Waals surface area contributed by atoms with Crippen LogP contribution in [0.25, 0.3) is 0 Å². The quantitative estimate of drug-likeness (QED) is 0.641. The minimum atomic E-state index is -3.50. The third-order valence-corrected chi connectivity index (χ3v) is 4.22. The van der Waals surface area contributed by atoms with Crippen LogP contribution in [0, 0.1) is 0 Å². The number of hydrogen-bond donors (Lipinski definition) is 1. The fourth-order valence-electron chi connectivity index (χ4n) is 1.75. The number of ether oxygens (including phenoxy) is 4. The van der Waals surface area contributed by atoms with Crippen LogP contribution < -0.4 is 9.46 Å². The first-order chi connectivity index (χ1) is 10.6. The molecule has 124 valence electrons. The fourth-order valence-corrected chi connectivity index (χ4v) is 2.69. The van der Waals surface area contributed by atoms with Gasteiger partial charge in [-0.05, 0) is 12.1 Å². The summed E-state index contributed by atoms with van der Waals surface area (Å²) in [6.45, 7) is 1.96. The molecule has 1 aromatic carbocycles. The van der Waals surface area contributed by atoms with Crippen LogP contribution in [0.5, 0.6) is 5.75 Å². The van der Waals surface area contributed by atoms with E-state index in [4.69, 9.17) is 18.9 Å². The Balaban J connectivity index is 1.88. The van der Waals surface area contributed by atoms with Gasteiger partial charge in [0.25, 0.3) is 0 Å². The molecule has 1 heterocycles. The fraction of sp³-hybridized carbons (Fsp3) is 0.571. The van der Waals surface area contributed by atoms with Gasteiger partial charge in [-0.25, -0.2) is 8.42 Å². The third-order valence-electron chi connectivity index (χ3n) is 2.98. The van der Waals surface area contributed by atoms with Crippen molar-refractivity contribution in [2.75, 3.05) is 50.6 Å². The molecule has 0 amide bonds. The van der Waals surface area contributed by atoms with Gasteiger partial charge in [0.2, 0.25) is 10.0 Å². The SMILES string of the molecule is COCCOCCS(=O)(=O)Nc1ccccc1OC1COC1. The molecule has 1 N–H and O–H groups in total. The maximum Gasteiger partial charge on any atom is 0.235 e. The molecule has 1 aliphatic rings. The van der Waals surface area contributed by atoms with Gasteiger partial charge < -0.3 is 18.9 Å². The minimum Gasteiger partial charge on any atom is -0.483 e. The molecule has 0 bridgehead atoms. The molecule has 0 saturated carbocycles. The molecule has 0 aromatic heterocycles. The maximum absolute atomic E-state index is 12.1. The molecule has 0 radical (unpaired) electrons. The van der Waals surface area contributed by atoms with Crippen LogP contribution in [0.1, 0.15) is 0 Å². The molecular weight excluding hydrogens is 310 g/mol. The van der Waals surface area contributed by atoms with Crippen LogP contribution >= 0.6 is 0 Å². The van der Waals surface area contributed by atoms with E-state index >= 15 is 0 Å². The van der Waals surface area contributed by atoms with Crippen molar-refractivity contribution < 1.29 is 27.4 Å². The van der Waals surface area contributed by atoms with E-state index in [0.717, 1.165) is 0 Å². The lowest BCUT2D eigenvalue weighted by atomic mass is 10.3. The summed E-state index contributed by atoms with van der Waals surface area (Å²) in [5.41, 5.74) is 0.422. The Kier molecular flexibility index (Phi) is 6.44. The first-order valence-corrected chi connectivity index (χ1v) is 8.66. The van der Waals surface area contributed by atoms with Crippen LogP contribution in [0.15, 0.2) is 24.3 Å². The monoisotopic (exact) mass is 331 g/mol. The number of methoxy groups -OCH3 is 1. The molecule has 0 unspecified atom stereocenters. The number of nitrogens with one attached hydrogen (secondary N) is 1. The van der Waals surface area contributed by atoms with Crippen LogP contribution in [-0.2, 0) is 24.2 Å². The van der Waals surface area contributed by atoms with Gasteiger partial charge in [0, 0.05) is 7.11 Å². The topological polar surface area (TPSA) is 83.1 Å². The molecule has 0 spiro atoms. The summed E-state index contributed by atoms with van der Waals surface area (Å²) in [7, 11) is -1.93. The highest BCUT2D eigenvalue weighted by atomic mass is 32.2. The highest BCUT2D eigenvalue weighted by Crippen LogP contribution is 2.27. The average Bonchev–Trinajstić information content (AvgIpc) is 2.44. The first kappa shape index (κ1) is 17.0. The van der Waals surface area contributed by atoms with E-state index < -0.39 is 10.0 Å². The number of para-hydroxylation sites is 2.